The van der Waals surface area contributed by atoms with E-state index in [1.54, 1.807) is 12.1 Å². The molecule has 4 heteroatoms. The minimum Gasteiger partial charge on any atom is -0.452 e. The quantitative estimate of drug-likeness (QED) is 0.808. The molecule has 0 aromatic heterocycles. The van der Waals surface area contributed by atoms with Gasteiger partial charge < -0.3 is 10.1 Å². The molecule has 0 aliphatic carbocycles. The van der Waals surface area contributed by atoms with Gasteiger partial charge in [0.15, 0.2) is 6.61 Å². The third kappa shape index (κ3) is 5.18. The van der Waals surface area contributed by atoms with E-state index in [4.69, 9.17) is 4.74 Å². The topological polar surface area (TPSA) is 55.4 Å². The molecule has 0 radical (unpaired) electrons. The van der Waals surface area contributed by atoms with E-state index in [0.29, 0.717) is 5.56 Å². The summed E-state index contributed by atoms with van der Waals surface area (Å²) in [5.74, 6) is -0.786. The lowest BCUT2D eigenvalue weighted by atomic mass is 10.0. The standard InChI is InChI=1S/C21H25NO3/c1-5-19(17-9-6-14(2)7-10-17)22-20(23)13-25-21(24)18-11-8-15(3)16(4)12-18/h6-12,19H,5,13H2,1-4H3,(H,22,23)/t19-/m1/s1. The van der Waals surface area contributed by atoms with E-state index in [1.807, 2.05) is 58.0 Å². The van der Waals surface area contributed by atoms with Gasteiger partial charge >= 0.3 is 5.97 Å². The second-order valence-electron chi connectivity index (χ2n) is 6.31. The zero-order valence-electron chi connectivity index (χ0n) is 15.3. The van der Waals surface area contributed by atoms with Crippen molar-refractivity contribution in [3.8, 4) is 0 Å². The van der Waals surface area contributed by atoms with E-state index in [2.05, 4.69) is 5.32 Å². The zero-order valence-corrected chi connectivity index (χ0v) is 15.3. The van der Waals surface area contributed by atoms with Crippen molar-refractivity contribution < 1.29 is 14.3 Å². The van der Waals surface area contributed by atoms with Crippen LogP contribution in [-0.2, 0) is 9.53 Å². The lowest BCUT2D eigenvalue weighted by molar-refractivity contribution is -0.125. The molecule has 2 aromatic carbocycles. The summed E-state index contributed by atoms with van der Waals surface area (Å²) in [4.78, 5) is 24.2. The number of rotatable bonds is 6. The molecular weight excluding hydrogens is 314 g/mol. The van der Waals surface area contributed by atoms with Gasteiger partial charge in [-0.25, -0.2) is 4.79 Å². The van der Waals surface area contributed by atoms with Crippen LogP contribution in [0.15, 0.2) is 42.5 Å². The molecule has 0 saturated carbocycles. The van der Waals surface area contributed by atoms with E-state index < -0.39 is 5.97 Å². The number of carbonyl (C=O) groups is 2. The first-order chi connectivity index (χ1) is 11.9. The summed E-state index contributed by atoms with van der Waals surface area (Å²) in [5.41, 5.74) is 4.80. The average Bonchev–Trinajstić information content (AvgIpc) is 2.60. The molecule has 1 amide bonds. The molecule has 2 rings (SSSR count). The molecular formula is C21H25NO3. The molecule has 25 heavy (non-hydrogen) atoms. The Hall–Kier alpha value is -2.62. The maximum atomic E-state index is 12.1. The van der Waals surface area contributed by atoms with E-state index in [9.17, 15) is 9.59 Å². The van der Waals surface area contributed by atoms with Crippen LogP contribution in [0, 0.1) is 20.8 Å². The minimum absolute atomic E-state index is 0.0894. The van der Waals surface area contributed by atoms with Gasteiger partial charge in [-0.3, -0.25) is 4.79 Å². The molecule has 4 nitrogen and oxygen atoms in total. The van der Waals surface area contributed by atoms with Crippen LogP contribution in [0.4, 0.5) is 0 Å². The molecule has 132 valence electrons. The third-order valence-electron chi connectivity index (χ3n) is 4.30. The number of hydrogen-bond acceptors (Lipinski definition) is 3. The Labute approximate surface area is 149 Å². The first-order valence-corrected chi connectivity index (χ1v) is 8.51. The lowest BCUT2D eigenvalue weighted by Gasteiger charge is -2.17. The summed E-state index contributed by atoms with van der Waals surface area (Å²) in [6, 6.07) is 13.3. The molecule has 0 aliphatic heterocycles. The van der Waals surface area contributed by atoms with Crippen LogP contribution in [0.25, 0.3) is 0 Å². The number of ether oxygens (including phenoxy) is 1. The molecule has 0 aliphatic rings. The van der Waals surface area contributed by atoms with Gasteiger partial charge in [-0.1, -0.05) is 42.8 Å². The van der Waals surface area contributed by atoms with Crippen LogP contribution < -0.4 is 5.32 Å². The van der Waals surface area contributed by atoms with Crippen molar-refractivity contribution in [2.75, 3.05) is 6.61 Å². The number of hydrogen-bond donors (Lipinski definition) is 1. The largest absolute Gasteiger partial charge is 0.452 e. The van der Waals surface area contributed by atoms with Gasteiger partial charge in [-0.05, 0) is 56.0 Å². The fraction of sp³-hybridized carbons (Fsp3) is 0.333. The summed E-state index contributed by atoms with van der Waals surface area (Å²) in [5, 5.41) is 2.91. The minimum atomic E-state index is -0.485. The van der Waals surface area contributed by atoms with Crippen molar-refractivity contribution in [3.05, 3.63) is 70.3 Å². The van der Waals surface area contributed by atoms with Crippen LogP contribution in [0.1, 0.15) is 52.0 Å². The van der Waals surface area contributed by atoms with E-state index in [-0.39, 0.29) is 18.6 Å². The Bertz CT molecular complexity index is 750. The second kappa shape index (κ2) is 8.47. The highest BCUT2D eigenvalue weighted by Crippen LogP contribution is 2.17. The first kappa shape index (κ1) is 18.7. The number of amides is 1. The van der Waals surface area contributed by atoms with Crippen LogP contribution in [0.2, 0.25) is 0 Å². The second-order valence-corrected chi connectivity index (χ2v) is 6.31. The molecule has 1 N–H and O–H groups in total. The maximum Gasteiger partial charge on any atom is 0.338 e. The predicted octanol–water partition coefficient (Wildman–Crippen LogP) is 4.04. The normalized spacial score (nSPS) is 11.7. The Morgan fingerprint density at radius 2 is 1.68 bits per heavy atom. The van der Waals surface area contributed by atoms with E-state index in [0.717, 1.165) is 23.1 Å². The van der Waals surface area contributed by atoms with Gasteiger partial charge in [0.05, 0.1) is 11.6 Å². The van der Waals surface area contributed by atoms with Crippen molar-refractivity contribution in [3.63, 3.8) is 0 Å². The molecule has 0 bridgehead atoms. The number of carbonyl (C=O) groups excluding carboxylic acids is 2. The molecule has 0 fully saturated rings. The van der Waals surface area contributed by atoms with Crippen LogP contribution in [-0.4, -0.2) is 18.5 Å². The molecule has 0 heterocycles. The molecule has 1 atom stereocenters. The summed E-state index contributed by atoms with van der Waals surface area (Å²) in [6.45, 7) is 7.66. The van der Waals surface area contributed by atoms with Gasteiger partial charge in [0.2, 0.25) is 0 Å². The van der Waals surface area contributed by atoms with Crippen molar-refractivity contribution in [1.82, 2.24) is 5.32 Å². The fourth-order valence-electron chi connectivity index (χ4n) is 2.54. The predicted molar refractivity (Wildman–Crippen MR) is 98.6 cm³/mol. The van der Waals surface area contributed by atoms with E-state index >= 15 is 0 Å². The molecule has 0 spiro atoms. The molecule has 0 unspecified atom stereocenters. The first-order valence-electron chi connectivity index (χ1n) is 8.51. The Balaban J connectivity index is 1.91. The molecule has 2 aromatic rings. The van der Waals surface area contributed by atoms with Gasteiger partial charge in [-0.15, -0.1) is 0 Å². The van der Waals surface area contributed by atoms with Gasteiger partial charge in [-0.2, -0.15) is 0 Å². The summed E-state index contributed by atoms with van der Waals surface area (Å²) in [6.07, 6.45) is 0.764. The lowest BCUT2D eigenvalue weighted by Crippen LogP contribution is -2.32. The smallest absolute Gasteiger partial charge is 0.338 e. The maximum absolute atomic E-state index is 12.1. The van der Waals surface area contributed by atoms with Gasteiger partial charge in [0.25, 0.3) is 5.91 Å². The monoisotopic (exact) mass is 339 g/mol. The third-order valence-corrected chi connectivity index (χ3v) is 4.30. The summed E-state index contributed by atoms with van der Waals surface area (Å²) >= 11 is 0. The summed E-state index contributed by atoms with van der Waals surface area (Å²) in [7, 11) is 0. The summed E-state index contributed by atoms with van der Waals surface area (Å²) < 4.78 is 5.13. The van der Waals surface area contributed by atoms with Crippen molar-refractivity contribution in [2.45, 2.75) is 40.2 Å². The Morgan fingerprint density at radius 1 is 1.00 bits per heavy atom. The van der Waals surface area contributed by atoms with Gasteiger partial charge in [0.1, 0.15) is 0 Å². The zero-order chi connectivity index (χ0) is 18.4. The van der Waals surface area contributed by atoms with Crippen LogP contribution in [0.3, 0.4) is 0 Å². The SMILES string of the molecule is CC[C@@H](NC(=O)COC(=O)c1ccc(C)c(C)c1)c1ccc(C)cc1. The highest BCUT2D eigenvalue weighted by Gasteiger charge is 2.15. The number of benzene rings is 2. The highest BCUT2D eigenvalue weighted by atomic mass is 16.5. The van der Waals surface area contributed by atoms with Crippen molar-refractivity contribution in [1.29, 1.82) is 0 Å². The van der Waals surface area contributed by atoms with Crippen molar-refractivity contribution in [2.24, 2.45) is 0 Å². The molecule has 0 saturated heterocycles. The van der Waals surface area contributed by atoms with E-state index in [1.165, 1.54) is 5.56 Å². The van der Waals surface area contributed by atoms with Gasteiger partial charge in [0, 0.05) is 0 Å². The Kier molecular flexibility index (Phi) is 6.34. The fourth-order valence-corrected chi connectivity index (χ4v) is 2.54. The van der Waals surface area contributed by atoms with Crippen molar-refractivity contribution >= 4 is 11.9 Å². The highest BCUT2D eigenvalue weighted by molar-refractivity contribution is 5.91. The number of nitrogens with one attached hydrogen (secondary N) is 1. The average molecular weight is 339 g/mol. The Morgan fingerprint density at radius 3 is 2.28 bits per heavy atom. The van der Waals surface area contributed by atoms with Crippen LogP contribution in [0.5, 0.6) is 0 Å². The number of aryl methyl sites for hydroxylation is 3. The number of esters is 1. The van der Waals surface area contributed by atoms with Crippen LogP contribution >= 0.6 is 0 Å².